The fourth-order valence-electron chi connectivity index (χ4n) is 2.05. The Morgan fingerprint density at radius 3 is 2.59 bits per heavy atom. The molecule has 4 nitrogen and oxygen atoms in total. The average molecular weight is 237 g/mol. The fraction of sp³-hybridized carbons (Fsp3) is 0.417. The predicted molar refractivity (Wildman–Crippen MR) is 64.2 cm³/mol. The molecule has 1 aliphatic heterocycles. The van der Waals surface area contributed by atoms with E-state index in [-0.39, 0.29) is 17.8 Å². The number of carbonyl (C=O) groups excluding carboxylic acids is 1. The number of likely N-dealkylation sites (N-methyl/N-ethyl adjacent to an activating group) is 1. The maximum absolute atomic E-state index is 12.8. The van der Waals surface area contributed by atoms with E-state index in [1.54, 1.807) is 17.0 Å². The first kappa shape index (κ1) is 12.0. The van der Waals surface area contributed by atoms with Gasteiger partial charge in [-0.25, -0.2) is 4.39 Å². The van der Waals surface area contributed by atoms with Gasteiger partial charge in [0.25, 0.3) is 0 Å². The number of benzene rings is 1. The maximum Gasteiger partial charge on any atom is 0.245 e. The molecule has 1 atom stereocenters. The Kier molecular flexibility index (Phi) is 3.40. The van der Waals surface area contributed by atoms with E-state index in [4.69, 9.17) is 5.73 Å². The molecular formula is C12H16FN3O. The van der Waals surface area contributed by atoms with Crippen LogP contribution in [0.5, 0.6) is 0 Å². The molecule has 0 radical (unpaired) electrons. The van der Waals surface area contributed by atoms with Crippen LogP contribution in [0, 0.1) is 5.82 Å². The Morgan fingerprint density at radius 1 is 1.35 bits per heavy atom. The summed E-state index contributed by atoms with van der Waals surface area (Å²) in [6.45, 7) is 1.68. The molecule has 2 rings (SSSR count). The molecule has 1 saturated heterocycles. The molecule has 1 amide bonds. The van der Waals surface area contributed by atoms with E-state index < -0.39 is 0 Å². The number of halogens is 1. The summed E-state index contributed by atoms with van der Waals surface area (Å²) < 4.78 is 12.8. The zero-order chi connectivity index (χ0) is 12.4. The summed E-state index contributed by atoms with van der Waals surface area (Å²) in [6.07, 6.45) is 0. The van der Waals surface area contributed by atoms with E-state index in [1.807, 2.05) is 11.9 Å². The van der Waals surface area contributed by atoms with Gasteiger partial charge in [0, 0.05) is 25.3 Å². The Balaban J connectivity index is 2.22. The molecule has 1 aromatic rings. The van der Waals surface area contributed by atoms with Crippen molar-refractivity contribution in [1.82, 2.24) is 4.90 Å². The molecule has 1 heterocycles. The van der Waals surface area contributed by atoms with Crippen molar-refractivity contribution in [3.8, 4) is 0 Å². The summed E-state index contributed by atoms with van der Waals surface area (Å²) in [6, 6.07) is 5.67. The van der Waals surface area contributed by atoms with Crippen LogP contribution in [0.2, 0.25) is 0 Å². The summed E-state index contributed by atoms with van der Waals surface area (Å²) in [4.78, 5) is 15.8. The summed E-state index contributed by atoms with van der Waals surface area (Å²) in [5.74, 6) is -0.321. The molecule has 0 spiro atoms. The van der Waals surface area contributed by atoms with Crippen molar-refractivity contribution in [2.45, 2.75) is 6.04 Å². The van der Waals surface area contributed by atoms with Gasteiger partial charge in [-0.3, -0.25) is 9.69 Å². The minimum Gasteiger partial charge on any atom is -0.328 e. The van der Waals surface area contributed by atoms with Gasteiger partial charge in [0.2, 0.25) is 5.91 Å². The van der Waals surface area contributed by atoms with Gasteiger partial charge in [-0.15, -0.1) is 0 Å². The van der Waals surface area contributed by atoms with Gasteiger partial charge in [0.05, 0.1) is 0 Å². The first-order valence-electron chi connectivity index (χ1n) is 5.60. The zero-order valence-corrected chi connectivity index (χ0v) is 9.77. The quantitative estimate of drug-likeness (QED) is 0.811. The number of hydrogen-bond acceptors (Lipinski definition) is 3. The van der Waals surface area contributed by atoms with Crippen molar-refractivity contribution in [2.24, 2.45) is 5.73 Å². The molecule has 1 aliphatic rings. The van der Waals surface area contributed by atoms with Crippen molar-refractivity contribution in [1.29, 1.82) is 0 Å². The lowest BCUT2D eigenvalue weighted by atomic mass is 10.1. The molecule has 1 fully saturated rings. The maximum atomic E-state index is 12.8. The smallest absolute Gasteiger partial charge is 0.245 e. The van der Waals surface area contributed by atoms with E-state index in [0.717, 1.165) is 12.2 Å². The van der Waals surface area contributed by atoms with Crippen molar-refractivity contribution >= 4 is 11.6 Å². The second-order valence-electron chi connectivity index (χ2n) is 4.20. The highest BCUT2D eigenvalue weighted by molar-refractivity contribution is 5.98. The lowest BCUT2D eigenvalue weighted by molar-refractivity contribution is -0.124. The van der Waals surface area contributed by atoms with Crippen LogP contribution in [-0.2, 0) is 4.79 Å². The molecule has 5 heteroatoms. The van der Waals surface area contributed by atoms with Crippen LogP contribution in [0.3, 0.4) is 0 Å². The standard InChI is InChI=1S/C12H16FN3O/c1-15-6-7-16(12(17)11(15)8-14)10-4-2-9(13)3-5-10/h2-5,11H,6-8,14H2,1H3. The lowest BCUT2D eigenvalue weighted by Gasteiger charge is -2.38. The lowest BCUT2D eigenvalue weighted by Crippen LogP contribution is -2.58. The Hall–Kier alpha value is -1.46. The monoisotopic (exact) mass is 237 g/mol. The first-order valence-corrected chi connectivity index (χ1v) is 5.60. The number of rotatable bonds is 2. The summed E-state index contributed by atoms with van der Waals surface area (Å²) in [5.41, 5.74) is 6.32. The summed E-state index contributed by atoms with van der Waals surface area (Å²) in [5, 5.41) is 0. The van der Waals surface area contributed by atoms with Gasteiger partial charge in [-0.05, 0) is 31.3 Å². The number of nitrogens with two attached hydrogens (primary N) is 1. The van der Waals surface area contributed by atoms with Crippen LogP contribution in [0.25, 0.3) is 0 Å². The van der Waals surface area contributed by atoms with E-state index in [1.165, 1.54) is 12.1 Å². The molecule has 0 aliphatic carbocycles. The highest BCUT2D eigenvalue weighted by Gasteiger charge is 2.32. The van der Waals surface area contributed by atoms with Crippen LogP contribution in [0.1, 0.15) is 0 Å². The molecule has 92 valence electrons. The zero-order valence-electron chi connectivity index (χ0n) is 9.77. The van der Waals surface area contributed by atoms with Gasteiger partial charge < -0.3 is 10.6 Å². The Bertz CT molecular complexity index is 407. The third kappa shape index (κ3) is 2.30. The van der Waals surface area contributed by atoms with Gasteiger partial charge in [-0.2, -0.15) is 0 Å². The van der Waals surface area contributed by atoms with Crippen LogP contribution in [0.4, 0.5) is 10.1 Å². The topological polar surface area (TPSA) is 49.6 Å². The molecule has 2 N–H and O–H groups in total. The van der Waals surface area contributed by atoms with Gasteiger partial charge in [-0.1, -0.05) is 0 Å². The fourth-order valence-corrected chi connectivity index (χ4v) is 2.05. The molecule has 0 bridgehead atoms. The number of carbonyl (C=O) groups is 1. The molecule has 0 saturated carbocycles. The molecular weight excluding hydrogens is 221 g/mol. The second-order valence-corrected chi connectivity index (χ2v) is 4.20. The largest absolute Gasteiger partial charge is 0.328 e. The van der Waals surface area contributed by atoms with Crippen LogP contribution in [-0.4, -0.2) is 43.5 Å². The van der Waals surface area contributed by atoms with Crippen molar-refractivity contribution < 1.29 is 9.18 Å². The van der Waals surface area contributed by atoms with Crippen LogP contribution >= 0.6 is 0 Å². The highest BCUT2D eigenvalue weighted by atomic mass is 19.1. The van der Waals surface area contributed by atoms with E-state index in [9.17, 15) is 9.18 Å². The third-order valence-corrected chi connectivity index (χ3v) is 3.12. The van der Waals surface area contributed by atoms with Gasteiger partial charge >= 0.3 is 0 Å². The number of piperazine rings is 1. The second kappa shape index (κ2) is 4.81. The molecule has 1 aromatic carbocycles. The molecule has 17 heavy (non-hydrogen) atoms. The highest BCUT2D eigenvalue weighted by Crippen LogP contribution is 2.19. The summed E-state index contributed by atoms with van der Waals surface area (Å²) in [7, 11) is 1.89. The molecule has 1 unspecified atom stereocenters. The summed E-state index contributed by atoms with van der Waals surface area (Å²) >= 11 is 0. The normalized spacial score (nSPS) is 21.9. The van der Waals surface area contributed by atoms with E-state index in [0.29, 0.717) is 13.1 Å². The number of amides is 1. The SMILES string of the molecule is CN1CCN(c2ccc(F)cc2)C(=O)C1CN. The number of nitrogens with zero attached hydrogens (tertiary/aromatic N) is 2. The van der Waals surface area contributed by atoms with E-state index in [2.05, 4.69) is 0 Å². The van der Waals surface area contributed by atoms with Crippen LogP contribution < -0.4 is 10.6 Å². The third-order valence-electron chi connectivity index (χ3n) is 3.12. The van der Waals surface area contributed by atoms with Crippen molar-refractivity contribution in [3.05, 3.63) is 30.1 Å². The van der Waals surface area contributed by atoms with Crippen molar-refractivity contribution in [2.75, 3.05) is 31.6 Å². The van der Waals surface area contributed by atoms with Crippen molar-refractivity contribution in [3.63, 3.8) is 0 Å². The Morgan fingerprint density at radius 2 is 2.00 bits per heavy atom. The minimum atomic E-state index is -0.300. The number of anilines is 1. The van der Waals surface area contributed by atoms with Crippen LogP contribution in [0.15, 0.2) is 24.3 Å². The van der Waals surface area contributed by atoms with Gasteiger partial charge in [0.1, 0.15) is 11.9 Å². The van der Waals surface area contributed by atoms with Gasteiger partial charge in [0.15, 0.2) is 0 Å². The minimum absolute atomic E-state index is 0.0205. The molecule has 0 aromatic heterocycles. The average Bonchev–Trinajstić information content (AvgIpc) is 2.31. The number of hydrogen-bond donors (Lipinski definition) is 1. The van der Waals surface area contributed by atoms with E-state index >= 15 is 0 Å². The predicted octanol–water partition coefficient (Wildman–Crippen LogP) is 0.431. The first-order chi connectivity index (χ1) is 8.13. The Labute approximate surface area is 99.8 Å².